The van der Waals surface area contributed by atoms with Crippen molar-refractivity contribution >= 4 is 30.1 Å². The minimum absolute atomic E-state index is 0. The molecule has 1 atom stereocenters. The summed E-state index contributed by atoms with van der Waals surface area (Å²) in [6, 6.07) is 6.91. The number of hydrogen-bond donors (Lipinski definition) is 4. The van der Waals surface area contributed by atoms with Gasteiger partial charge in [-0.25, -0.2) is 4.79 Å². The van der Waals surface area contributed by atoms with Crippen LogP contribution in [0.15, 0.2) is 43.1 Å². The largest absolute Gasteiger partial charge is 1.00 e. The molecule has 0 saturated heterocycles. The molecule has 0 aliphatic carbocycles. The van der Waals surface area contributed by atoms with E-state index in [2.05, 4.69) is 37.2 Å². The van der Waals surface area contributed by atoms with Crippen LogP contribution in [-0.4, -0.2) is 30.4 Å². The minimum atomic E-state index is -0.538. The van der Waals surface area contributed by atoms with Crippen LogP contribution in [0.4, 0.5) is 4.79 Å². The number of nitrogens with zero attached hydrogens (tertiary/aromatic N) is 1. The summed E-state index contributed by atoms with van der Waals surface area (Å²) in [5.74, 6) is -0.527. The monoisotopic (exact) mass is 492 g/mol. The Balaban J connectivity index is -0.00000127. The third kappa shape index (κ3) is 12.7. The van der Waals surface area contributed by atoms with Gasteiger partial charge >= 0.3 is 64.2 Å². The van der Waals surface area contributed by atoms with Crippen LogP contribution in [0.5, 0.6) is 0 Å². The standard InChI is InChI=1S/C18H24N3O2S.C2H6.CH5N.Rb/c1-4-6-11-21(13(3)22)18(23)20-17(24)16-9-7-15(8-10-16)14(5-2)12-19;2*1-2;/h5,7-10,12,17,24H,2-4,6,11,19H2,1H3,(H,20,23);1-2H3;2H2,1H3;/q-1;;;+1/b14-12+;;;. The molecule has 8 heteroatoms. The Labute approximate surface area is 230 Å². The number of urea groups is 1. The average molecular weight is 493 g/mol. The molecule has 158 valence electrons. The molecule has 0 aromatic heterocycles. The predicted molar refractivity (Wildman–Crippen MR) is 122 cm³/mol. The van der Waals surface area contributed by atoms with Gasteiger partial charge in [0.25, 0.3) is 0 Å². The van der Waals surface area contributed by atoms with Gasteiger partial charge in [-0.1, -0.05) is 64.1 Å². The Morgan fingerprint density at radius 2 is 1.79 bits per heavy atom. The number of carbonyl (C=O) groups excluding carboxylic acids is 2. The normalized spacial score (nSPS) is 10.6. The number of allylic oxidation sites excluding steroid dienone is 2. The van der Waals surface area contributed by atoms with Crippen molar-refractivity contribution in [3.8, 4) is 0 Å². The van der Waals surface area contributed by atoms with Gasteiger partial charge in [0.1, 0.15) is 0 Å². The summed E-state index contributed by atoms with van der Waals surface area (Å²) in [5.41, 5.74) is 12.6. The molecule has 0 saturated carbocycles. The van der Waals surface area contributed by atoms with Crippen LogP contribution >= 0.6 is 12.6 Å². The fourth-order valence-electron chi connectivity index (χ4n) is 2.07. The average Bonchev–Trinajstić information content (AvgIpc) is 2.72. The van der Waals surface area contributed by atoms with E-state index in [9.17, 15) is 9.59 Å². The predicted octanol–water partition coefficient (Wildman–Crippen LogP) is 0.878. The number of thiol groups is 1. The fraction of sp³-hybridized carbons (Fsp3) is 0.381. The molecule has 1 aromatic rings. The van der Waals surface area contributed by atoms with E-state index < -0.39 is 17.3 Å². The zero-order chi connectivity index (χ0) is 22.1. The van der Waals surface area contributed by atoms with Gasteiger partial charge in [0.05, 0.1) is 11.3 Å². The van der Waals surface area contributed by atoms with Gasteiger partial charge < -0.3 is 28.5 Å². The maximum absolute atomic E-state index is 12.2. The number of amides is 3. The molecule has 0 aliphatic rings. The zero-order valence-electron chi connectivity index (χ0n) is 18.4. The molecule has 0 fully saturated rings. The van der Waals surface area contributed by atoms with Gasteiger partial charge in [-0.3, -0.25) is 4.90 Å². The van der Waals surface area contributed by atoms with Crippen LogP contribution in [0.2, 0.25) is 0 Å². The second-order valence-corrected chi connectivity index (χ2v) is 5.72. The summed E-state index contributed by atoms with van der Waals surface area (Å²) in [4.78, 5) is 24.8. The van der Waals surface area contributed by atoms with Crippen LogP contribution in [0.1, 0.15) is 50.1 Å². The second kappa shape index (κ2) is 20.7. The van der Waals surface area contributed by atoms with Gasteiger partial charge in [0.15, 0.2) is 0 Å². The van der Waals surface area contributed by atoms with E-state index in [1.54, 1.807) is 6.08 Å². The Morgan fingerprint density at radius 1 is 1.28 bits per heavy atom. The van der Waals surface area contributed by atoms with E-state index in [4.69, 9.17) is 5.73 Å². The van der Waals surface area contributed by atoms with Crippen LogP contribution in [0.25, 0.3) is 5.57 Å². The zero-order valence-corrected chi connectivity index (χ0v) is 24.3. The molecule has 0 bridgehead atoms. The summed E-state index contributed by atoms with van der Waals surface area (Å²) in [7, 11) is 1.50. The van der Waals surface area contributed by atoms with Crippen molar-refractivity contribution in [1.29, 1.82) is 0 Å². The Kier molecular flexibility index (Phi) is 23.6. The number of hydrogen-bond acceptors (Lipinski definition) is 5. The van der Waals surface area contributed by atoms with E-state index in [0.29, 0.717) is 6.54 Å². The van der Waals surface area contributed by atoms with Crippen LogP contribution in [0, 0.1) is 6.92 Å². The van der Waals surface area contributed by atoms with Gasteiger partial charge in [-0.2, -0.15) is 0 Å². The molecule has 1 aromatic carbocycles. The molecule has 5 N–H and O–H groups in total. The molecule has 0 heterocycles. The minimum Gasteiger partial charge on any atom is -0.404 e. The van der Waals surface area contributed by atoms with Crippen molar-refractivity contribution in [3.63, 3.8) is 0 Å². The molecule has 0 radical (unpaired) electrons. The number of imide groups is 1. The van der Waals surface area contributed by atoms with Crippen molar-refractivity contribution in [1.82, 2.24) is 10.2 Å². The first-order chi connectivity index (χ1) is 13.4. The van der Waals surface area contributed by atoms with E-state index in [0.717, 1.165) is 34.4 Å². The second-order valence-electron chi connectivity index (χ2n) is 5.20. The maximum atomic E-state index is 12.2. The number of carbonyl (C=O) groups is 2. The molecular formula is C21H35N4O2RbS. The summed E-state index contributed by atoms with van der Waals surface area (Å²) < 4.78 is 0. The van der Waals surface area contributed by atoms with Crippen molar-refractivity contribution in [2.75, 3.05) is 13.6 Å². The Bertz CT molecular complexity index is 622. The number of nitrogens with two attached hydrogens (primary N) is 2. The van der Waals surface area contributed by atoms with Gasteiger partial charge in [-0.05, 0) is 30.2 Å². The molecule has 6 nitrogen and oxygen atoms in total. The third-order valence-corrected chi connectivity index (χ3v) is 3.93. The topological polar surface area (TPSA) is 101 Å². The van der Waals surface area contributed by atoms with E-state index >= 15 is 0 Å². The summed E-state index contributed by atoms with van der Waals surface area (Å²) >= 11 is 4.40. The first kappa shape index (κ1) is 33.1. The molecular weight excluding hydrogens is 458 g/mol. The van der Waals surface area contributed by atoms with Gasteiger partial charge in [0, 0.05) is 12.7 Å². The molecule has 29 heavy (non-hydrogen) atoms. The number of unbranched alkanes of at least 4 members (excludes halogenated alkanes) is 1. The van der Waals surface area contributed by atoms with Gasteiger partial charge in [0.2, 0.25) is 0 Å². The molecule has 0 spiro atoms. The molecule has 3 amide bonds. The number of benzene rings is 1. The number of nitrogens with one attached hydrogen (secondary N) is 1. The van der Waals surface area contributed by atoms with Crippen LogP contribution < -0.4 is 75.0 Å². The van der Waals surface area contributed by atoms with Crippen LogP contribution in [0.3, 0.4) is 0 Å². The molecule has 1 rings (SSSR count). The first-order valence-corrected chi connectivity index (χ1v) is 9.80. The van der Waals surface area contributed by atoms with Crippen molar-refractivity contribution in [2.45, 2.75) is 39.0 Å². The summed E-state index contributed by atoms with van der Waals surface area (Å²) in [6.07, 6.45) is 4.76. The summed E-state index contributed by atoms with van der Waals surface area (Å²) in [5, 5.41) is 2.16. The third-order valence-electron chi connectivity index (χ3n) is 3.50. The fourth-order valence-corrected chi connectivity index (χ4v) is 2.36. The van der Waals surface area contributed by atoms with Crippen LogP contribution in [-0.2, 0) is 4.79 Å². The van der Waals surface area contributed by atoms with E-state index in [1.165, 1.54) is 13.2 Å². The van der Waals surface area contributed by atoms with Crippen molar-refractivity contribution < 1.29 is 67.8 Å². The Hall–Kier alpha value is -0.575. The van der Waals surface area contributed by atoms with Crippen molar-refractivity contribution in [3.05, 3.63) is 61.2 Å². The Morgan fingerprint density at radius 3 is 2.17 bits per heavy atom. The molecule has 1 unspecified atom stereocenters. The number of rotatable bonds is 7. The summed E-state index contributed by atoms with van der Waals surface area (Å²) in [6.45, 7) is 13.3. The van der Waals surface area contributed by atoms with E-state index in [-0.39, 0.29) is 58.2 Å². The maximum Gasteiger partial charge on any atom is 1.00 e. The van der Waals surface area contributed by atoms with E-state index in [1.807, 2.05) is 45.0 Å². The van der Waals surface area contributed by atoms with Gasteiger partial charge in [-0.15, -0.1) is 12.6 Å². The SMILES string of the molecule is C=C/C(=C\N)c1ccc(C(S)NC(=O)N(CCCC)C([CH2-])=O)cc1.CC.CN.[Rb+]. The first-order valence-electron chi connectivity index (χ1n) is 9.29. The quantitative estimate of drug-likeness (QED) is 0.196. The smallest absolute Gasteiger partial charge is 0.404 e. The van der Waals surface area contributed by atoms with Crippen molar-refractivity contribution in [2.24, 2.45) is 11.5 Å². The molecule has 0 aliphatic heterocycles.